The SMILES string of the molecule is CCC(C)(CCO)NCc1cc(OC)c(OC)c(OC)c1. The number of aliphatic hydroxyl groups is 1. The lowest BCUT2D eigenvalue weighted by Crippen LogP contribution is -2.42. The Kier molecular flexibility index (Phi) is 6.78. The Morgan fingerprint density at radius 2 is 1.67 bits per heavy atom. The summed E-state index contributed by atoms with van der Waals surface area (Å²) in [5, 5.41) is 12.7. The summed E-state index contributed by atoms with van der Waals surface area (Å²) in [5.41, 5.74) is 0.955. The highest BCUT2D eigenvalue weighted by atomic mass is 16.5. The lowest BCUT2D eigenvalue weighted by atomic mass is 9.94. The van der Waals surface area contributed by atoms with Crippen LogP contribution >= 0.6 is 0 Å². The quantitative estimate of drug-likeness (QED) is 0.733. The van der Waals surface area contributed by atoms with Crippen molar-refractivity contribution in [2.24, 2.45) is 0 Å². The van der Waals surface area contributed by atoms with Gasteiger partial charge in [-0.1, -0.05) is 6.92 Å². The highest BCUT2D eigenvalue weighted by Crippen LogP contribution is 2.38. The van der Waals surface area contributed by atoms with Crippen molar-refractivity contribution < 1.29 is 19.3 Å². The van der Waals surface area contributed by atoms with Crippen LogP contribution in [0.15, 0.2) is 12.1 Å². The van der Waals surface area contributed by atoms with Gasteiger partial charge >= 0.3 is 0 Å². The first-order valence-corrected chi connectivity index (χ1v) is 7.18. The predicted molar refractivity (Wildman–Crippen MR) is 83.3 cm³/mol. The standard InChI is InChI=1S/C16H27NO4/c1-6-16(2,7-8-18)17-11-12-9-13(19-3)15(21-5)14(10-12)20-4/h9-10,17-18H,6-8,11H2,1-5H3. The first kappa shape index (κ1) is 17.6. The molecule has 1 unspecified atom stereocenters. The summed E-state index contributed by atoms with van der Waals surface area (Å²) in [6.45, 7) is 5.06. The molecule has 120 valence electrons. The van der Waals surface area contributed by atoms with Gasteiger partial charge in [0.2, 0.25) is 5.75 Å². The second-order valence-electron chi connectivity index (χ2n) is 5.27. The Bertz CT molecular complexity index is 425. The van der Waals surface area contributed by atoms with Gasteiger partial charge in [-0.2, -0.15) is 0 Å². The third-order valence-electron chi connectivity index (χ3n) is 3.89. The smallest absolute Gasteiger partial charge is 0.203 e. The van der Waals surface area contributed by atoms with Crippen LogP contribution in [0.25, 0.3) is 0 Å². The van der Waals surface area contributed by atoms with Crippen LogP contribution in [0.3, 0.4) is 0 Å². The van der Waals surface area contributed by atoms with Crippen molar-refractivity contribution in [1.29, 1.82) is 0 Å². The predicted octanol–water partition coefficient (Wildman–Crippen LogP) is 2.35. The van der Waals surface area contributed by atoms with Crippen LogP contribution in [0.2, 0.25) is 0 Å². The fourth-order valence-electron chi connectivity index (χ4n) is 2.19. The summed E-state index contributed by atoms with van der Waals surface area (Å²) in [6.07, 6.45) is 1.66. The molecule has 5 nitrogen and oxygen atoms in total. The number of aliphatic hydroxyl groups excluding tert-OH is 1. The molecule has 0 saturated heterocycles. The molecule has 0 saturated carbocycles. The number of nitrogens with one attached hydrogen (secondary N) is 1. The van der Waals surface area contributed by atoms with Crippen LogP contribution in [0, 0.1) is 0 Å². The van der Waals surface area contributed by atoms with Gasteiger partial charge in [-0.15, -0.1) is 0 Å². The molecule has 0 aromatic heterocycles. The topological polar surface area (TPSA) is 60.0 Å². The molecule has 0 aliphatic heterocycles. The van der Waals surface area contributed by atoms with Gasteiger partial charge in [-0.25, -0.2) is 0 Å². The van der Waals surface area contributed by atoms with Crippen LogP contribution in [-0.2, 0) is 6.54 Å². The zero-order valence-corrected chi connectivity index (χ0v) is 13.7. The van der Waals surface area contributed by atoms with E-state index < -0.39 is 0 Å². The first-order chi connectivity index (χ1) is 10.0. The molecule has 1 atom stereocenters. The fraction of sp³-hybridized carbons (Fsp3) is 0.625. The molecule has 5 heteroatoms. The number of methoxy groups -OCH3 is 3. The minimum atomic E-state index is -0.0881. The zero-order chi connectivity index (χ0) is 15.9. The van der Waals surface area contributed by atoms with E-state index in [-0.39, 0.29) is 12.1 Å². The minimum absolute atomic E-state index is 0.0881. The van der Waals surface area contributed by atoms with Gasteiger partial charge in [0.25, 0.3) is 0 Å². The molecule has 1 aromatic carbocycles. The van der Waals surface area contributed by atoms with E-state index in [9.17, 15) is 0 Å². The van der Waals surface area contributed by atoms with Gasteiger partial charge in [0.15, 0.2) is 11.5 Å². The normalized spacial score (nSPS) is 13.6. The van der Waals surface area contributed by atoms with E-state index in [4.69, 9.17) is 19.3 Å². The van der Waals surface area contributed by atoms with Crippen LogP contribution in [0.4, 0.5) is 0 Å². The Morgan fingerprint density at radius 1 is 1.10 bits per heavy atom. The Labute approximate surface area is 127 Å². The van der Waals surface area contributed by atoms with E-state index in [2.05, 4.69) is 19.2 Å². The number of ether oxygens (including phenoxy) is 3. The maximum atomic E-state index is 9.17. The third kappa shape index (κ3) is 4.51. The van der Waals surface area contributed by atoms with Gasteiger partial charge in [0.1, 0.15) is 0 Å². The molecule has 21 heavy (non-hydrogen) atoms. The van der Waals surface area contributed by atoms with Crippen LogP contribution < -0.4 is 19.5 Å². The van der Waals surface area contributed by atoms with Crippen molar-refractivity contribution in [3.8, 4) is 17.2 Å². The maximum absolute atomic E-state index is 9.17. The second-order valence-corrected chi connectivity index (χ2v) is 5.27. The van der Waals surface area contributed by atoms with E-state index in [0.717, 1.165) is 12.0 Å². The summed E-state index contributed by atoms with van der Waals surface area (Å²) in [7, 11) is 4.81. The molecule has 0 aliphatic rings. The third-order valence-corrected chi connectivity index (χ3v) is 3.89. The fourth-order valence-corrected chi connectivity index (χ4v) is 2.19. The van der Waals surface area contributed by atoms with Gasteiger partial charge < -0.3 is 24.6 Å². The molecule has 0 amide bonds. The molecule has 0 bridgehead atoms. The summed E-state index contributed by atoms with van der Waals surface area (Å²) in [6, 6.07) is 3.87. The lowest BCUT2D eigenvalue weighted by molar-refractivity contribution is 0.214. The molecule has 0 spiro atoms. The molecule has 1 aromatic rings. The van der Waals surface area contributed by atoms with Gasteiger partial charge in [-0.05, 0) is 37.5 Å². The van der Waals surface area contributed by atoms with Crippen molar-refractivity contribution in [3.63, 3.8) is 0 Å². The minimum Gasteiger partial charge on any atom is -0.493 e. The van der Waals surface area contributed by atoms with Crippen LogP contribution in [-0.4, -0.2) is 38.6 Å². The lowest BCUT2D eigenvalue weighted by Gasteiger charge is -2.29. The number of hydrogen-bond donors (Lipinski definition) is 2. The summed E-state index contributed by atoms with van der Waals surface area (Å²) >= 11 is 0. The van der Waals surface area contributed by atoms with E-state index in [0.29, 0.717) is 30.2 Å². The van der Waals surface area contributed by atoms with E-state index in [1.807, 2.05) is 12.1 Å². The molecule has 0 aliphatic carbocycles. The molecule has 0 fully saturated rings. The van der Waals surface area contributed by atoms with E-state index in [1.54, 1.807) is 21.3 Å². The highest BCUT2D eigenvalue weighted by molar-refractivity contribution is 5.53. The number of rotatable bonds is 9. The Balaban J connectivity index is 2.93. The Hall–Kier alpha value is -1.46. The molecule has 0 heterocycles. The van der Waals surface area contributed by atoms with Gasteiger partial charge in [0, 0.05) is 18.7 Å². The summed E-state index contributed by atoms with van der Waals surface area (Å²) in [5.74, 6) is 1.89. The van der Waals surface area contributed by atoms with E-state index >= 15 is 0 Å². The van der Waals surface area contributed by atoms with Crippen molar-refractivity contribution in [3.05, 3.63) is 17.7 Å². The van der Waals surface area contributed by atoms with Gasteiger partial charge in [-0.3, -0.25) is 0 Å². The average molecular weight is 297 g/mol. The zero-order valence-electron chi connectivity index (χ0n) is 13.7. The monoisotopic (exact) mass is 297 g/mol. The average Bonchev–Trinajstić information content (AvgIpc) is 2.52. The molecular formula is C16H27NO4. The summed E-state index contributed by atoms with van der Waals surface area (Å²) < 4.78 is 16.0. The van der Waals surface area contributed by atoms with Crippen molar-refractivity contribution in [2.75, 3.05) is 27.9 Å². The highest BCUT2D eigenvalue weighted by Gasteiger charge is 2.21. The van der Waals surface area contributed by atoms with Crippen molar-refractivity contribution >= 4 is 0 Å². The van der Waals surface area contributed by atoms with Crippen molar-refractivity contribution in [1.82, 2.24) is 5.32 Å². The van der Waals surface area contributed by atoms with E-state index in [1.165, 1.54) is 0 Å². The number of hydrogen-bond acceptors (Lipinski definition) is 5. The maximum Gasteiger partial charge on any atom is 0.203 e. The Morgan fingerprint density at radius 3 is 2.05 bits per heavy atom. The molecular weight excluding hydrogens is 270 g/mol. The molecule has 1 rings (SSSR count). The second kappa shape index (κ2) is 8.10. The molecule has 0 radical (unpaired) electrons. The largest absolute Gasteiger partial charge is 0.493 e. The van der Waals surface area contributed by atoms with Crippen LogP contribution in [0.5, 0.6) is 17.2 Å². The summed E-state index contributed by atoms with van der Waals surface area (Å²) in [4.78, 5) is 0. The number of benzene rings is 1. The first-order valence-electron chi connectivity index (χ1n) is 7.18. The molecule has 2 N–H and O–H groups in total. The van der Waals surface area contributed by atoms with Crippen LogP contribution in [0.1, 0.15) is 32.3 Å². The van der Waals surface area contributed by atoms with Gasteiger partial charge in [0.05, 0.1) is 21.3 Å². The van der Waals surface area contributed by atoms with Crippen molar-refractivity contribution in [2.45, 2.75) is 38.8 Å².